The van der Waals surface area contributed by atoms with E-state index in [2.05, 4.69) is 15.3 Å². The second-order valence-corrected chi connectivity index (χ2v) is 4.12. The fourth-order valence-electron chi connectivity index (χ4n) is 1.94. The largest absolute Gasteiger partial charge is 0.478 e. The molecule has 94 valence electrons. The number of rotatable bonds is 3. The van der Waals surface area contributed by atoms with Crippen molar-refractivity contribution < 1.29 is 9.90 Å². The molecule has 2 aromatic heterocycles. The second-order valence-electron chi connectivity index (χ2n) is 4.12. The molecule has 0 amide bonds. The number of anilines is 2. The molecule has 0 unspecified atom stereocenters. The summed E-state index contributed by atoms with van der Waals surface area (Å²) >= 11 is 0. The van der Waals surface area contributed by atoms with Gasteiger partial charge in [-0.25, -0.2) is 9.78 Å². The van der Waals surface area contributed by atoms with Gasteiger partial charge in [0.15, 0.2) is 0 Å². The van der Waals surface area contributed by atoms with Gasteiger partial charge in [0, 0.05) is 11.6 Å². The summed E-state index contributed by atoms with van der Waals surface area (Å²) in [6.45, 7) is 0. The maximum atomic E-state index is 11.1. The number of aromatic amines is 1. The first-order valence-corrected chi connectivity index (χ1v) is 5.76. The molecule has 0 radical (unpaired) electrons. The van der Waals surface area contributed by atoms with Crippen molar-refractivity contribution in [2.24, 2.45) is 0 Å². The van der Waals surface area contributed by atoms with Crippen LogP contribution in [0.2, 0.25) is 0 Å². The van der Waals surface area contributed by atoms with Gasteiger partial charge in [-0.1, -0.05) is 12.1 Å². The molecule has 1 aromatic carbocycles. The highest BCUT2D eigenvalue weighted by atomic mass is 16.4. The molecule has 19 heavy (non-hydrogen) atoms. The van der Waals surface area contributed by atoms with Crippen LogP contribution in [0.3, 0.4) is 0 Å². The molecule has 0 bridgehead atoms. The van der Waals surface area contributed by atoms with E-state index in [4.69, 9.17) is 5.11 Å². The lowest BCUT2D eigenvalue weighted by Crippen LogP contribution is -2.02. The highest BCUT2D eigenvalue weighted by Crippen LogP contribution is 2.22. The third kappa shape index (κ3) is 2.13. The van der Waals surface area contributed by atoms with Crippen molar-refractivity contribution in [3.63, 3.8) is 0 Å². The van der Waals surface area contributed by atoms with Crippen LogP contribution in [-0.4, -0.2) is 21.0 Å². The number of hydrogen-bond donors (Lipinski definition) is 3. The number of H-pyrrole nitrogens is 1. The van der Waals surface area contributed by atoms with Crippen molar-refractivity contribution in [1.82, 2.24) is 9.97 Å². The standard InChI is InChI=1S/C14H11N3O2/c18-14(19)11-3-1-2-4-12(11)17-10-7-9-5-6-15-13(9)16-8-10/h1-8,17H,(H,15,16)(H,18,19). The Bertz CT molecular complexity index is 749. The van der Waals surface area contributed by atoms with E-state index in [1.807, 2.05) is 18.3 Å². The highest BCUT2D eigenvalue weighted by molar-refractivity contribution is 5.95. The Morgan fingerprint density at radius 2 is 2.11 bits per heavy atom. The average Bonchev–Trinajstić information content (AvgIpc) is 2.86. The lowest BCUT2D eigenvalue weighted by atomic mass is 10.1. The number of para-hydroxylation sites is 1. The second kappa shape index (κ2) is 4.45. The molecule has 0 aliphatic heterocycles. The molecule has 0 aliphatic rings. The Kier molecular flexibility index (Phi) is 2.64. The molecule has 3 aromatic rings. The van der Waals surface area contributed by atoms with E-state index in [0.717, 1.165) is 16.7 Å². The number of nitrogens with one attached hydrogen (secondary N) is 2. The lowest BCUT2D eigenvalue weighted by molar-refractivity contribution is 0.0698. The summed E-state index contributed by atoms with van der Waals surface area (Å²) in [5.74, 6) is -0.959. The van der Waals surface area contributed by atoms with Crippen LogP contribution >= 0.6 is 0 Å². The summed E-state index contributed by atoms with van der Waals surface area (Å²) in [7, 11) is 0. The molecule has 5 nitrogen and oxygen atoms in total. The zero-order valence-electron chi connectivity index (χ0n) is 9.92. The van der Waals surface area contributed by atoms with E-state index < -0.39 is 5.97 Å². The van der Waals surface area contributed by atoms with Gasteiger partial charge in [0.1, 0.15) is 5.65 Å². The van der Waals surface area contributed by atoms with Crippen LogP contribution in [-0.2, 0) is 0 Å². The molecule has 3 N–H and O–H groups in total. The minimum Gasteiger partial charge on any atom is -0.478 e. The summed E-state index contributed by atoms with van der Waals surface area (Å²) in [6, 6.07) is 10.6. The predicted octanol–water partition coefficient (Wildman–Crippen LogP) is 3.00. The number of pyridine rings is 1. The van der Waals surface area contributed by atoms with Gasteiger partial charge in [0.2, 0.25) is 0 Å². The average molecular weight is 253 g/mol. The first-order valence-electron chi connectivity index (χ1n) is 5.76. The fraction of sp³-hybridized carbons (Fsp3) is 0. The number of carboxylic acid groups (broad SMARTS) is 1. The van der Waals surface area contributed by atoms with Crippen molar-refractivity contribution >= 4 is 28.4 Å². The van der Waals surface area contributed by atoms with E-state index in [0.29, 0.717) is 5.69 Å². The Balaban J connectivity index is 1.98. The molecule has 0 saturated heterocycles. The minimum atomic E-state index is -0.959. The molecule has 2 heterocycles. The molecule has 0 spiro atoms. The number of nitrogens with zero attached hydrogens (tertiary/aromatic N) is 1. The number of hydrogen-bond acceptors (Lipinski definition) is 3. The molecule has 0 saturated carbocycles. The SMILES string of the molecule is O=C(O)c1ccccc1Nc1cnc2[nH]ccc2c1. The first kappa shape index (κ1) is 11.3. The Hall–Kier alpha value is -2.82. The van der Waals surface area contributed by atoms with E-state index in [1.165, 1.54) is 0 Å². The topological polar surface area (TPSA) is 78.0 Å². The molecule has 3 rings (SSSR count). The summed E-state index contributed by atoms with van der Waals surface area (Å²) in [5.41, 5.74) is 2.33. The Morgan fingerprint density at radius 3 is 2.95 bits per heavy atom. The molecule has 0 fully saturated rings. The van der Waals surface area contributed by atoms with Crippen molar-refractivity contribution in [3.05, 3.63) is 54.4 Å². The van der Waals surface area contributed by atoms with Crippen molar-refractivity contribution in [1.29, 1.82) is 0 Å². The van der Waals surface area contributed by atoms with Gasteiger partial charge in [-0.05, 0) is 24.3 Å². The fourth-order valence-corrected chi connectivity index (χ4v) is 1.94. The van der Waals surface area contributed by atoms with Crippen LogP contribution in [0.4, 0.5) is 11.4 Å². The molecular formula is C14H11N3O2. The summed E-state index contributed by atoms with van der Waals surface area (Å²) < 4.78 is 0. The third-order valence-corrected chi connectivity index (χ3v) is 2.84. The molecule has 5 heteroatoms. The van der Waals surface area contributed by atoms with Crippen molar-refractivity contribution in [2.45, 2.75) is 0 Å². The molecule has 0 atom stereocenters. The van der Waals surface area contributed by atoms with Gasteiger partial charge in [-0.2, -0.15) is 0 Å². The zero-order chi connectivity index (χ0) is 13.2. The van der Waals surface area contributed by atoms with Crippen LogP contribution in [0.25, 0.3) is 11.0 Å². The summed E-state index contributed by atoms with van der Waals surface area (Å²) in [6.07, 6.45) is 3.48. The monoisotopic (exact) mass is 253 g/mol. The van der Waals surface area contributed by atoms with Crippen LogP contribution in [0, 0.1) is 0 Å². The summed E-state index contributed by atoms with van der Waals surface area (Å²) in [5, 5.41) is 13.2. The number of aromatic nitrogens is 2. The van der Waals surface area contributed by atoms with Gasteiger partial charge >= 0.3 is 5.97 Å². The van der Waals surface area contributed by atoms with Gasteiger partial charge in [-0.15, -0.1) is 0 Å². The maximum Gasteiger partial charge on any atom is 0.337 e. The number of benzene rings is 1. The van der Waals surface area contributed by atoms with Crippen LogP contribution < -0.4 is 5.32 Å². The van der Waals surface area contributed by atoms with Gasteiger partial charge in [-0.3, -0.25) is 0 Å². The van der Waals surface area contributed by atoms with Crippen LogP contribution in [0.15, 0.2) is 48.8 Å². The normalized spacial score (nSPS) is 10.5. The van der Waals surface area contributed by atoms with Gasteiger partial charge < -0.3 is 15.4 Å². The van der Waals surface area contributed by atoms with E-state index in [-0.39, 0.29) is 5.56 Å². The summed E-state index contributed by atoms with van der Waals surface area (Å²) in [4.78, 5) is 18.4. The number of carboxylic acids is 1. The highest BCUT2D eigenvalue weighted by Gasteiger charge is 2.09. The number of aromatic carboxylic acids is 1. The van der Waals surface area contributed by atoms with Crippen LogP contribution in [0.1, 0.15) is 10.4 Å². The Morgan fingerprint density at radius 1 is 1.26 bits per heavy atom. The van der Waals surface area contributed by atoms with Crippen molar-refractivity contribution in [3.8, 4) is 0 Å². The first-order chi connectivity index (χ1) is 9.24. The third-order valence-electron chi connectivity index (χ3n) is 2.84. The number of fused-ring (bicyclic) bond motifs is 1. The van der Waals surface area contributed by atoms with E-state index in [1.54, 1.807) is 30.5 Å². The number of carbonyl (C=O) groups is 1. The van der Waals surface area contributed by atoms with Gasteiger partial charge in [0.25, 0.3) is 0 Å². The van der Waals surface area contributed by atoms with E-state index >= 15 is 0 Å². The lowest BCUT2D eigenvalue weighted by Gasteiger charge is -2.09. The van der Waals surface area contributed by atoms with Crippen LogP contribution in [0.5, 0.6) is 0 Å². The van der Waals surface area contributed by atoms with Gasteiger partial charge in [0.05, 0.1) is 23.1 Å². The maximum absolute atomic E-state index is 11.1. The molecular weight excluding hydrogens is 242 g/mol. The zero-order valence-corrected chi connectivity index (χ0v) is 9.92. The smallest absolute Gasteiger partial charge is 0.337 e. The van der Waals surface area contributed by atoms with Crippen molar-refractivity contribution in [2.75, 3.05) is 5.32 Å². The molecule has 0 aliphatic carbocycles. The van der Waals surface area contributed by atoms with E-state index in [9.17, 15) is 4.79 Å². The Labute approximate surface area is 108 Å². The quantitative estimate of drug-likeness (QED) is 0.670. The minimum absolute atomic E-state index is 0.233. The predicted molar refractivity (Wildman–Crippen MR) is 72.8 cm³/mol.